The maximum absolute atomic E-state index is 3.77. The first-order chi connectivity index (χ1) is 9.66. The van der Waals surface area contributed by atoms with Gasteiger partial charge in [0.2, 0.25) is 0 Å². The Morgan fingerprint density at radius 2 is 1.52 bits per heavy atom. The van der Waals surface area contributed by atoms with Crippen molar-refractivity contribution in [2.45, 2.75) is 74.1 Å². The van der Waals surface area contributed by atoms with Crippen LogP contribution in [0, 0.1) is 23.2 Å². The largest absolute Gasteiger partial charge is 0.103 e. The van der Waals surface area contributed by atoms with Crippen LogP contribution in [0.15, 0.2) is 37.5 Å². The second-order valence-electron chi connectivity index (χ2n) is 7.66. The maximum atomic E-state index is 3.77. The van der Waals surface area contributed by atoms with Gasteiger partial charge in [-0.2, -0.15) is 0 Å². The second-order valence-corrected chi connectivity index (χ2v) is 7.66. The van der Waals surface area contributed by atoms with Crippen molar-refractivity contribution in [2.75, 3.05) is 0 Å². The zero-order valence-corrected chi connectivity index (χ0v) is 15.8. The molecule has 0 N–H and O–H groups in total. The lowest BCUT2D eigenvalue weighted by molar-refractivity contribution is 0.336. The predicted octanol–water partition coefficient (Wildman–Crippen LogP) is 7.44. The Balaban J connectivity index is 0. The first-order valence-electron chi connectivity index (χ1n) is 8.56. The van der Waals surface area contributed by atoms with E-state index in [1.54, 1.807) is 0 Å². The molecule has 0 fully saturated rings. The highest BCUT2D eigenvalue weighted by Gasteiger charge is 2.12. The molecule has 0 aliphatic rings. The third kappa shape index (κ3) is 19.2. The van der Waals surface area contributed by atoms with Crippen molar-refractivity contribution in [1.82, 2.24) is 0 Å². The Hall–Kier alpha value is -0.780. The molecule has 0 amide bonds. The van der Waals surface area contributed by atoms with Gasteiger partial charge in [0.1, 0.15) is 0 Å². The quantitative estimate of drug-likeness (QED) is 0.408. The van der Waals surface area contributed by atoms with Gasteiger partial charge in [0.05, 0.1) is 0 Å². The van der Waals surface area contributed by atoms with E-state index in [2.05, 4.69) is 73.8 Å². The normalized spacial score (nSPS) is 15.8. The predicted molar refractivity (Wildman–Crippen MR) is 101 cm³/mol. The van der Waals surface area contributed by atoms with Gasteiger partial charge in [-0.3, -0.25) is 0 Å². The van der Waals surface area contributed by atoms with Crippen LogP contribution in [0.2, 0.25) is 0 Å². The molecule has 21 heavy (non-hydrogen) atoms. The van der Waals surface area contributed by atoms with Crippen LogP contribution in [0.1, 0.15) is 74.1 Å². The molecule has 0 saturated carbocycles. The van der Waals surface area contributed by atoms with Gasteiger partial charge in [-0.25, -0.2) is 0 Å². The SMILES string of the molecule is C=CC(C)CC.C=CCC(C)CC=CC(C)CC(C)(C)C. The lowest BCUT2D eigenvalue weighted by Crippen LogP contribution is -2.09. The molecule has 0 aromatic rings. The van der Waals surface area contributed by atoms with E-state index < -0.39 is 0 Å². The van der Waals surface area contributed by atoms with Crippen molar-refractivity contribution >= 4 is 0 Å². The first-order valence-corrected chi connectivity index (χ1v) is 8.56. The van der Waals surface area contributed by atoms with Gasteiger partial charge in [-0.05, 0) is 42.4 Å². The van der Waals surface area contributed by atoms with Crippen molar-refractivity contribution in [2.24, 2.45) is 23.2 Å². The van der Waals surface area contributed by atoms with Gasteiger partial charge in [0.15, 0.2) is 0 Å². The molecule has 3 unspecified atom stereocenters. The Kier molecular flexibility index (Phi) is 13.8. The van der Waals surface area contributed by atoms with Crippen LogP contribution in [0.5, 0.6) is 0 Å². The van der Waals surface area contributed by atoms with Gasteiger partial charge < -0.3 is 0 Å². The molecule has 0 aromatic carbocycles. The average molecular weight is 293 g/mol. The molecule has 0 aromatic heterocycles. The fourth-order valence-corrected chi connectivity index (χ4v) is 2.12. The molecule has 0 bridgehead atoms. The third-order valence-corrected chi connectivity index (χ3v) is 3.55. The summed E-state index contributed by atoms with van der Waals surface area (Å²) in [5.74, 6) is 2.13. The molecular formula is C21H40. The molecule has 0 aliphatic heterocycles. The standard InChI is InChI=1S/C15H28.C6H12/c1-7-9-13(2)10-8-11-14(3)12-15(4,5)6;1-4-6(3)5-2/h7-8,11,13-14H,1,9-10,12H2,2-6H3;4,6H,1,5H2,2-3H3. The monoisotopic (exact) mass is 292 g/mol. The zero-order chi connectivity index (χ0) is 16.9. The number of rotatable bonds is 8. The van der Waals surface area contributed by atoms with E-state index in [1.165, 1.54) is 19.3 Å². The summed E-state index contributed by atoms with van der Waals surface area (Å²) >= 11 is 0. The van der Waals surface area contributed by atoms with E-state index >= 15 is 0 Å². The van der Waals surface area contributed by atoms with Crippen molar-refractivity contribution in [3.63, 3.8) is 0 Å². The van der Waals surface area contributed by atoms with Crippen molar-refractivity contribution in [1.29, 1.82) is 0 Å². The van der Waals surface area contributed by atoms with E-state index in [0.29, 0.717) is 17.3 Å². The Bertz CT molecular complexity index is 277. The minimum Gasteiger partial charge on any atom is -0.103 e. The molecule has 0 heterocycles. The highest BCUT2D eigenvalue weighted by atomic mass is 14.2. The van der Waals surface area contributed by atoms with Crippen molar-refractivity contribution in [3.05, 3.63) is 37.5 Å². The number of allylic oxidation sites excluding steroid dienone is 4. The van der Waals surface area contributed by atoms with Gasteiger partial charge in [0, 0.05) is 0 Å². The molecular weight excluding hydrogens is 252 g/mol. The zero-order valence-electron chi connectivity index (χ0n) is 15.8. The lowest BCUT2D eigenvalue weighted by atomic mass is 9.85. The van der Waals surface area contributed by atoms with E-state index in [-0.39, 0.29) is 0 Å². The van der Waals surface area contributed by atoms with E-state index in [1.807, 2.05) is 12.2 Å². The Labute approximate surface area is 135 Å². The fourth-order valence-electron chi connectivity index (χ4n) is 2.12. The summed E-state index contributed by atoms with van der Waals surface area (Å²) in [6, 6.07) is 0. The molecule has 0 rings (SSSR count). The molecule has 124 valence electrons. The van der Waals surface area contributed by atoms with Gasteiger partial charge >= 0.3 is 0 Å². The minimum atomic E-state index is 0.441. The van der Waals surface area contributed by atoms with Crippen molar-refractivity contribution in [3.8, 4) is 0 Å². The molecule has 0 nitrogen and oxygen atoms in total. The van der Waals surface area contributed by atoms with Gasteiger partial charge in [-0.15, -0.1) is 13.2 Å². The summed E-state index contributed by atoms with van der Waals surface area (Å²) in [5, 5.41) is 0. The van der Waals surface area contributed by atoms with Crippen LogP contribution in [-0.2, 0) is 0 Å². The average Bonchev–Trinajstić information content (AvgIpc) is 2.36. The second kappa shape index (κ2) is 12.9. The van der Waals surface area contributed by atoms with E-state index in [0.717, 1.165) is 12.3 Å². The topological polar surface area (TPSA) is 0 Å². The summed E-state index contributed by atoms with van der Waals surface area (Å²) in [4.78, 5) is 0. The summed E-state index contributed by atoms with van der Waals surface area (Å²) < 4.78 is 0. The number of hydrogen-bond donors (Lipinski definition) is 0. The molecule has 0 heteroatoms. The van der Waals surface area contributed by atoms with Gasteiger partial charge in [-0.1, -0.05) is 79.2 Å². The fraction of sp³-hybridized carbons (Fsp3) is 0.714. The van der Waals surface area contributed by atoms with E-state index in [4.69, 9.17) is 0 Å². The lowest BCUT2D eigenvalue weighted by Gasteiger charge is -2.21. The first kappa shape index (κ1) is 22.5. The van der Waals surface area contributed by atoms with Crippen LogP contribution in [-0.4, -0.2) is 0 Å². The van der Waals surface area contributed by atoms with Crippen LogP contribution in [0.4, 0.5) is 0 Å². The third-order valence-electron chi connectivity index (χ3n) is 3.55. The maximum Gasteiger partial charge on any atom is -0.0257 e. The van der Waals surface area contributed by atoms with Gasteiger partial charge in [0.25, 0.3) is 0 Å². The summed E-state index contributed by atoms with van der Waals surface area (Å²) in [7, 11) is 0. The molecule has 0 radical (unpaired) electrons. The Morgan fingerprint density at radius 3 is 1.86 bits per heavy atom. The van der Waals surface area contributed by atoms with Crippen molar-refractivity contribution < 1.29 is 0 Å². The Morgan fingerprint density at radius 1 is 0.952 bits per heavy atom. The van der Waals surface area contributed by atoms with Crippen LogP contribution in [0.25, 0.3) is 0 Å². The highest BCUT2D eigenvalue weighted by molar-refractivity contribution is 4.90. The molecule has 3 atom stereocenters. The summed E-state index contributed by atoms with van der Waals surface area (Å²) in [5.41, 5.74) is 0.441. The van der Waals surface area contributed by atoms with Crippen LogP contribution >= 0.6 is 0 Å². The summed E-state index contributed by atoms with van der Waals surface area (Å²) in [6.45, 7) is 23.2. The summed E-state index contributed by atoms with van der Waals surface area (Å²) in [6.07, 6.45) is 13.5. The molecule has 0 spiro atoms. The van der Waals surface area contributed by atoms with E-state index in [9.17, 15) is 0 Å². The minimum absolute atomic E-state index is 0.441. The smallest absolute Gasteiger partial charge is 0.0257 e. The van der Waals surface area contributed by atoms with Crippen LogP contribution < -0.4 is 0 Å². The molecule has 0 saturated heterocycles. The van der Waals surface area contributed by atoms with Crippen LogP contribution in [0.3, 0.4) is 0 Å². The molecule has 0 aliphatic carbocycles. The highest BCUT2D eigenvalue weighted by Crippen LogP contribution is 2.25. The number of hydrogen-bond acceptors (Lipinski definition) is 0.